The molecule has 3 heteroatoms. The van der Waals surface area contributed by atoms with Gasteiger partial charge in [-0.05, 0) is 19.1 Å². The van der Waals surface area contributed by atoms with Crippen LogP contribution < -0.4 is 5.73 Å². The first-order valence-electron chi connectivity index (χ1n) is 4.95. The zero-order chi connectivity index (χ0) is 11.0. The van der Waals surface area contributed by atoms with Crippen LogP contribution in [0.2, 0.25) is 0 Å². The normalized spacial score (nSPS) is 13.0. The topological polar surface area (TPSA) is 48.0 Å². The van der Waals surface area contributed by atoms with Gasteiger partial charge in [-0.2, -0.15) is 0 Å². The molecule has 15 heavy (non-hydrogen) atoms. The minimum Gasteiger partial charge on any atom is -0.350 e. The van der Waals surface area contributed by atoms with Crippen LogP contribution in [-0.4, -0.2) is 16.4 Å². The lowest BCUT2D eigenvalue weighted by molar-refractivity contribution is 0.0969. The van der Waals surface area contributed by atoms with E-state index >= 15 is 0 Å². The van der Waals surface area contributed by atoms with Crippen molar-refractivity contribution >= 4 is 16.7 Å². The molecule has 0 aliphatic carbocycles. The Hall–Kier alpha value is -1.61. The van der Waals surface area contributed by atoms with E-state index in [4.69, 9.17) is 5.73 Å². The maximum atomic E-state index is 11.9. The Bertz CT molecular complexity index is 511. The maximum Gasteiger partial charge on any atom is 0.181 e. The Kier molecular flexibility index (Phi) is 2.32. The Morgan fingerprint density at radius 1 is 1.40 bits per heavy atom. The highest BCUT2D eigenvalue weighted by Crippen LogP contribution is 2.20. The molecule has 1 atom stereocenters. The molecule has 2 N–H and O–H groups in total. The number of nitrogens with zero attached hydrogens (tertiary/aromatic N) is 1. The average molecular weight is 202 g/mol. The van der Waals surface area contributed by atoms with E-state index in [0.29, 0.717) is 5.56 Å². The SMILES string of the molecule is CC(N)C(=O)c1cccc2ccn(C)c12. The molecule has 0 fully saturated rings. The number of nitrogens with two attached hydrogens (primary N) is 1. The van der Waals surface area contributed by atoms with Crippen LogP contribution in [0.15, 0.2) is 30.5 Å². The predicted octanol–water partition coefficient (Wildman–Crippen LogP) is 1.71. The molecule has 1 aromatic carbocycles. The molecule has 0 saturated heterocycles. The second kappa shape index (κ2) is 3.51. The summed E-state index contributed by atoms with van der Waals surface area (Å²) in [6.07, 6.45) is 1.95. The molecule has 2 rings (SSSR count). The number of benzene rings is 1. The predicted molar refractivity (Wildman–Crippen MR) is 60.9 cm³/mol. The second-order valence-electron chi connectivity index (χ2n) is 3.82. The summed E-state index contributed by atoms with van der Waals surface area (Å²) < 4.78 is 1.95. The van der Waals surface area contributed by atoms with Gasteiger partial charge in [0.15, 0.2) is 5.78 Å². The van der Waals surface area contributed by atoms with Crippen LogP contribution in [0.3, 0.4) is 0 Å². The van der Waals surface area contributed by atoms with E-state index in [1.165, 1.54) is 0 Å². The van der Waals surface area contributed by atoms with Gasteiger partial charge in [0.2, 0.25) is 0 Å². The molecule has 0 aliphatic heterocycles. The number of hydrogen-bond acceptors (Lipinski definition) is 2. The van der Waals surface area contributed by atoms with Crippen molar-refractivity contribution < 1.29 is 4.79 Å². The highest BCUT2D eigenvalue weighted by atomic mass is 16.1. The lowest BCUT2D eigenvalue weighted by atomic mass is 10.0. The van der Waals surface area contributed by atoms with Crippen LogP contribution in [0.4, 0.5) is 0 Å². The van der Waals surface area contributed by atoms with Gasteiger partial charge >= 0.3 is 0 Å². The summed E-state index contributed by atoms with van der Waals surface area (Å²) in [5, 5.41) is 1.07. The summed E-state index contributed by atoms with van der Waals surface area (Å²) in [7, 11) is 1.93. The van der Waals surface area contributed by atoms with Crippen LogP contribution in [0.5, 0.6) is 0 Å². The largest absolute Gasteiger partial charge is 0.350 e. The number of Topliss-reactive ketones (excluding diaryl/α,β-unsaturated/α-hetero) is 1. The first-order chi connectivity index (χ1) is 7.11. The molecule has 0 radical (unpaired) electrons. The third kappa shape index (κ3) is 1.55. The Balaban J connectivity index is 2.70. The van der Waals surface area contributed by atoms with Crippen LogP contribution in [-0.2, 0) is 7.05 Å². The van der Waals surface area contributed by atoms with E-state index in [2.05, 4.69) is 0 Å². The van der Waals surface area contributed by atoms with E-state index in [1.54, 1.807) is 6.92 Å². The Morgan fingerprint density at radius 2 is 2.13 bits per heavy atom. The molecule has 78 valence electrons. The first kappa shape index (κ1) is 9.93. The van der Waals surface area contributed by atoms with Crippen LogP contribution in [0.1, 0.15) is 17.3 Å². The van der Waals surface area contributed by atoms with Gasteiger partial charge in [0.25, 0.3) is 0 Å². The lowest BCUT2D eigenvalue weighted by Gasteiger charge is -2.07. The molecule has 0 aliphatic rings. The van der Waals surface area contributed by atoms with Gasteiger partial charge in [0.1, 0.15) is 0 Å². The molecule has 1 unspecified atom stereocenters. The highest BCUT2D eigenvalue weighted by Gasteiger charge is 2.15. The third-order valence-corrected chi connectivity index (χ3v) is 2.58. The van der Waals surface area contributed by atoms with Crippen molar-refractivity contribution in [3.8, 4) is 0 Å². The van der Waals surface area contributed by atoms with Gasteiger partial charge in [-0.25, -0.2) is 0 Å². The van der Waals surface area contributed by atoms with Crippen LogP contribution >= 0.6 is 0 Å². The maximum absolute atomic E-state index is 11.9. The Labute approximate surface area is 88.5 Å². The fourth-order valence-corrected chi connectivity index (χ4v) is 1.80. The standard InChI is InChI=1S/C12H14N2O/c1-8(13)12(15)10-5-3-4-9-6-7-14(2)11(9)10/h3-8H,13H2,1-2H3. The van der Waals surface area contributed by atoms with Gasteiger partial charge in [-0.15, -0.1) is 0 Å². The van der Waals surface area contributed by atoms with Crippen molar-refractivity contribution in [1.82, 2.24) is 4.57 Å². The smallest absolute Gasteiger partial charge is 0.181 e. The summed E-state index contributed by atoms with van der Waals surface area (Å²) in [5.74, 6) is -0.0117. The van der Waals surface area contributed by atoms with E-state index in [9.17, 15) is 4.79 Å². The number of rotatable bonds is 2. The monoisotopic (exact) mass is 202 g/mol. The molecule has 0 spiro atoms. The summed E-state index contributed by atoms with van der Waals surface area (Å²) in [6, 6.07) is 7.25. The summed E-state index contributed by atoms with van der Waals surface area (Å²) in [4.78, 5) is 11.9. The summed E-state index contributed by atoms with van der Waals surface area (Å²) in [6.45, 7) is 1.71. The van der Waals surface area contributed by atoms with Gasteiger partial charge in [0, 0.05) is 24.2 Å². The van der Waals surface area contributed by atoms with E-state index in [0.717, 1.165) is 10.9 Å². The van der Waals surface area contributed by atoms with Gasteiger partial charge in [0.05, 0.1) is 11.6 Å². The van der Waals surface area contributed by atoms with Gasteiger partial charge in [-0.3, -0.25) is 4.79 Å². The molecular formula is C12H14N2O. The van der Waals surface area contributed by atoms with Gasteiger partial charge in [-0.1, -0.05) is 12.1 Å². The number of hydrogen-bond donors (Lipinski definition) is 1. The number of aromatic nitrogens is 1. The average Bonchev–Trinajstić information content (AvgIpc) is 2.59. The van der Waals surface area contributed by atoms with Crippen LogP contribution in [0.25, 0.3) is 10.9 Å². The van der Waals surface area contributed by atoms with Crippen molar-refractivity contribution in [3.05, 3.63) is 36.0 Å². The third-order valence-electron chi connectivity index (χ3n) is 2.58. The summed E-state index contributed by atoms with van der Waals surface area (Å²) >= 11 is 0. The number of aryl methyl sites for hydroxylation is 1. The molecule has 1 aromatic heterocycles. The molecule has 2 aromatic rings. The van der Waals surface area contributed by atoms with Crippen LogP contribution in [0, 0.1) is 0 Å². The van der Waals surface area contributed by atoms with E-state index < -0.39 is 6.04 Å². The zero-order valence-corrected chi connectivity index (χ0v) is 8.90. The quantitative estimate of drug-likeness (QED) is 0.753. The number of fused-ring (bicyclic) bond motifs is 1. The van der Waals surface area contributed by atoms with Gasteiger partial charge < -0.3 is 10.3 Å². The molecular weight excluding hydrogens is 188 g/mol. The minimum absolute atomic E-state index is 0.0117. The molecule has 3 nitrogen and oxygen atoms in total. The molecule has 0 bridgehead atoms. The first-order valence-corrected chi connectivity index (χ1v) is 4.95. The fourth-order valence-electron chi connectivity index (χ4n) is 1.80. The Morgan fingerprint density at radius 3 is 2.80 bits per heavy atom. The lowest BCUT2D eigenvalue weighted by Crippen LogP contribution is -2.27. The summed E-state index contributed by atoms with van der Waals surface area (Å²) in [5.41, 5.74) is 7.28. The molecule has 1 heterocycles. The number of para-hydroxylation sites is 1. The minimum atomic E-state index is -0.453. The fraction of sp³-hybridized carbons (Fsp3) is 0.250. The van der Waals surface area contributed by atoms with Crippen molar-refractivity contribution in [2.75, 3.05) is 0 Å². The number of ketones is 1. The zero-order valence-electron chi connectivity index (χ0n) is 8.90. The van der Waals surface area contributed by atoms with E-state index in [1.807, 2.05) is 42.1 Å². The van der Waals surface area contributed by atoms with Crippen molar-refractivity contribution in [1.29, 1.82) is 0 Å². The van der Waals surface area contributed by atoms with Crippen molar-refractivity contribution in [2.45, 2.75) is 13.0 Å². The molecule has 0 amide bonds. The number of carbonyl (C=O) groups excluding carboxylic acids is 1. The number of carbonyl (C=O) groups is 1. The van der Waals surface area contributed by atoms with Crippen molar-refractivity contribution in [2.24, 2.45) is 12.8 Å². The van der Waals surface area contributed by atoms with E-state index in [-0.39, 0.29) is 5.78 Å². The van der Waals surface area contributed by atoms with Crippen molar-refractivity contribution in [3.63, 3.8) is 0 Å². The molecule has 0 saturated carbocycles. The second-order valence-corrected chi connectivity index (χ2v) is 3.82. The highest BCUT2D eigenvalue weighted by molar-refractivity contribution is 6.09.